The lowest BCUT2D eigenvalue weighted by molar-refractivity contribution is 0.591. The molecule has 0 saturated carbocycles. The summed E-state index contributed by atoms with van der Waals surface area (Å²) >= 11 is 0. The van der Waals surface area contributed by atoms with Crippen molar-refractivity contribution < 1.29 is 8.42 Å². The lowest BCUT2D eigenvalue weighted by Crippen LogP contribution is -2.38. The van der Waals surface area contributed by atoms with Crippen molar-refractivity contribution in [2.75, 3.05) is 25.9 Å². The Kier molecular flexibility index (Phi) is 8.68. The summed E-state index contributed by atoms with van der Waals surface area (Å²) in [4.78, 5) is 4.20. The molecule has 0 aromatic heterocycles. The summed E-state index contributed by atoms with van der Waals surface area (Å²) in [5.74, 6) is 1.02. The topological polar surface area (TPSA) is 70.6 Å². The van der Waals surface area contributed by atoms with E-state index in [9.17, 15) is 8.42 Å². The molecule has 1 aromatic carbocycles. The van der Waals surface area contributed by atoms with Gasteiger partial charge in [0.25, 0.3) is 0 Å². The van der Waals surface area contributed by atoms with Crippen LogP contribution in [0.3, 0.4) is 0 Å². The van der Waals surface area contributed by atoms with Crippen molar-refractivity contribution >= 4 is 15.8 Å². The molecule has 5 nitrogen and oxygen atoms in total. The maximum atomic E-state index is 12.2. The van der Waals surface area contributed by atoms with Gasteiger partial charge in [-0.1, -0.05) is 42.0 Å². The van der Waals surface area contributed by atoms with Crippen LogP contribution in [-0.4, -0.2) is 40.3 Å². The fraction of sp³-hybridized carbons (Fsp3) is 0.550. The molecule has 1 aliphatic rings. The van der Waals surface area contributed by atoms with E-state index in [1.165, 1.54) is 31.3 Å². The van der Waals surface area contributed by atoms with Crippen LogP contribution in [-0.2, 0) is 15.6 Å². The zero-order valence-electron chi connectivity index (χ0n) is 15.7. The van der Waals surface area contributed by atoms with Crippen LogP contribution in [0.15, 0.2) is 47.0 Å². The quantitative estimate of drug-likeness (QED) is 0.300. The molecule has 0 atom stereocenters. The fourth-order valence-electron chi connectivity index (χ4n) is 3.09. The number of hydrogen-bond acceptors (Lipinski definition) is 3. The second kappa shape index (κ2) is 11.0. The van der Waals surface area contributed by atoms with Gasteiger partial charge in [0, 0.05) is 20.1 Å². The summed E-state index contributed by atoms with van der Waals surface area (Å²) in [6.45, 7) is 1.45. The predicted octanol–water partition coefficient (Wildman–Crippen LogP) is 3.05. The molecule has 0 amide bonds. The lowest BCUT2D eigenvalue weighted by Gasteiger charge is -2.15. The molecule has 0 spiro atoms. The molecule has 0 aliphatic heterocycles. The van der Waals surface area contributed by atoms with Crippen molar-refractivity contribution in [1.82, 2.24) is 10.6 Å². The summed E-state index contributed by atoms with van der Waals surface area (Å²) in [5, 5.41) is 6.50. The van der Waals surface area contributed by atoms with Gasteiger partial charge in [0.2, 0.25) is 0 Å². The lowest BCUT2D eigenvalue weighted by atomic mass is 9.97. The van der Waals surface area contributed by atoms with Gasteiger partial charge >= 0.3 is 0 Å². The number of hydrogen-bond donors (Lipinski definition) is 2. The minimum atomic E-state index is -3.08. The summed E-state index contributed by atoms with van der Waals surface area (Å²) < 4.78 is 24.4. The van der Waals surface area contributed by atoms with Gasteiger partial charge in [-0.05, 0) is 44.1 Å². The Morgan fingerprint density at radius 2 is 1.88 bits per heavy atom. The monoisotopic (exact) mass is 377 g/mol. The van der Waals surface area contributed by atoms with Crippen LogP contribution in [0.5, 0.6) is 0 Å². The summed E-state index contributed by atoms with van der Waals surface area (Å²) in [6.07, 6.45) is 9.02. The van der Waals surface area contributed by atoms with E-state index in [4.69, 9.17) is 0 Å². The van der Waals surface area contributed by atoms with Crippen molar-refractivity contribution in [3.8, 4) is 0 Å². The first-order chi connectivity index (χ1) is 12.6. The zero-order valence-corrected chi connectivity index (χ0v) is 16.5. The highest BCUT2D eigenvalue weighted by Gasteiger charge is 2.11. The van der Waals surface area contributed by atoms with E-state index in [0.29, 0.717) is 13.0 Å². The van der Waals surface area contributed by atoms with Crippen LogP contribution in [0.4, 0.5) is 0 Å². The van der Waals surface area contributed by atoms with Crippen LogP contribution in [0, 0.1) is 0 Å². The molecule has 0 saturated heterocycles. The molecule has 0 heterocycles. The molecule has 1 aliphatic carbocycles. The van der Waals surface area contributed by atoms with Gasteiger partial charge in [-0.15, -0.1) is 0 Å². The number of guanidine groups is 1. The Bertz CT molecular complexity index is 697. The van der Waals surface area contributed by atoms with Crippen LogP contribution in [0.1, 0.15) is 44.1 Å². The number of aliphatic imine (C=N–C) groups is 1. The molecule has 6 heteroatoms. The molecule has 144 valence electrons. The third-order valence-electron chi connectivity index (χ3n) is 4.50. The number of sulfone groups is 1. The molecular weight excluding hydrogens is 346 g/mol. The average molecular weight is 378 g/mol. The molecule has 1 aromatic rings. The molecule has 2 rings (SSSR count). The van der Waals surface area contributed by atoms with Crippen LogP contribution < -0.4 is 10.6 Å². The maximum absolute atomic E-state index is 12.2. The predicted molar refractivity (Wildman–Crippen MR) is 109 cm³/mol. The normalized spacial score (nSPS) is 15.4. The molecule has 2 N–H and O–H groups in total. The fourth-order valence-corrected chi connectivity index (χ4v) is 4.52. The maximum Gasteiger partial charge on any atom is 0.190 e. The van der Waals surface area contributed by atoms with E-state index in [1.54, 1.807) is 7.05 Å². The van der Waals surface area contributed by atoms with Gasteiger partial charge in [0.15, 0.2) is 15.8 Å². The second-order valence-electron chi connectivity index (χ2n) is 6.72. The summed E-state index contributed by atoms with van der Waals surface area (Å²) in [5.41, 5.74) is 2.38. The average Bonchev–Trinajstić information content (AvgIpc) is 2.65. The van der Waals surface area contributed by atoms with Gasteiger partial charge in [0.1, 0.15) is 0 Å². The summed E-state index contributed by atoms with van der Waals surface area (Å²) in [7, 11) is -1.34. The Morgan fingerprint density at radius 1 is 1.12 bits per heavy atom. The molecule has 0 unspecified atom stereocenters. The first-order valence-corrected chi connectivity index (χ1v) is 11.3. The van der Waals surface area contributed by atoms with Crippen LogP contribution in [0.25, 0.3) is 0 Å². The highest BCUT2D eigenvalue weighted by molar-refractivity contribution is 7.90. The van der Waals surface area contributed by atoms with Gasteiger partial charge in [0.05, 0.1) is 11.5 Å². The first-order valence-electron chi connectivity index (χ1n) is 9.46. The minimum Gasteiger partial charge on any atom is -0.356 e. The Labute approximate surface area is 157 Å². The van der Waals surface area contributed by atoms with Crippen molar-refractivity contribution in [1.29, 1.82) is 0 Å². The molecule has 0 fully saturated rings. The van der Waals surface area contributed by atoms with E-state index >= 15 is 0 Å². The number of nitrogens with zero attached hydrogens (tertiary/aromatic N) is 1. The standard InChI is InChI=1S/C20H31N3O2S/c1-21-20(23-15-13-18-9-4-2-5-10-18)22-14-8-16-26(24,25)17-19-11-6-3-7-12-19/h3,6-7,9,11-12H,2,4-5,8,10,13-17H2,1H3,(H2,21,22,23). The highest BCUT2D eigenvalue weighted by Crippen LogP contribution is 2.19. The Morgan fingerprint density at radius 3 is 2.58 bits per heavy atom. The number of rotatable bonds is 9. The first kappa shape index (κ1) is 20.5. The number of benzene rings is 1. The van der Waals surface area contributed by atoms with Gasteiger partial charge in [-0.25, -0.2) is 8.42 Å². The van der Waals surface area contributed by atoms with Crippen molar-refractivity contribution in [2.24, 2.45) is 4.99 Å². The SMILES string of the molecule is CN=C(NCCCS(=O)(=O)Cc1ccccc1)NCCC1=CCCCC1. The van der Waals surface area contributed by atoms with Gasteiger partial charge < -0.3 is 10.6 Å². The van der Waals surface area contributed by atoms with Crippen molar-refractivity contribution in [3.05, 3.63) is 47.5 Å². The van der Waals surface area contributed by atoms with E-state index in [0.717, 1.165) is 24.5 Å². The second-order valence-corrected chi connectivity index (χ2v) is 8.90. The van der Waals surface area contributed by atoms with Crippen molar-refractivity contribution in [3.63, 3.8) is 0 Å². The van der Waals surface area contributed by atoms with E-state index in [-0.39, 0.29) is 11.5 Å². The molecule has 0 radical (unpaired) electrons. The summed E-state index contributed by atoms with van der Waals surface area (Å²) in [6, 6.07) is 9.33. The van der Waals surface area contributed by atoms with Crippen LogP contribution in [0.2, 0.25) is 0 Å². The van der Waals surface area contributed by atoms with Gasteiger partial charge in [-0.3, -0.25) is 4.99 Å². The Balaban J connectivity index is 1.63. The van der Waals surface area contributed by atoms with E-state index in [2.05, 4.69) is 21.7 Å². The Hall–Kier alpha value is -1.82. The minimum absolute atomic E-state index is 0.107. The smallest absolute Gasteiger partial charge is 0.190 e. The highest BCUT2D eigenvalue weighted by atomic mass is 32.2. The zero-order chi connectivity index (χ0) is 18.7. The largest absolute Gasteiger partial charge is 0.356 e. The van der Waals surface area contributed by atoms with E-state index in [1.807, 2.05) is 30.3 Å². The number of nitrogens with one attached hydrogen (secondary N) is 2. The third kappa shape index (κ3) is 8.04. The van der Waals surface area contributed by atoms with Crippen LogP contribution >= 0.6 is 0 Å². The molecule has 0 bridgehead atoms. The third-order valence-corrected chi connectivity index (χ3v) is 6.19. The van der Waals surface area contributed by atoms with Gasteiger partial charge in [-0.2, -0.15) is 0 Å². The molecule has 26 heavy (non-hydrogen) atoms. The number of allylic oxidation sites excluding steroid dienone is 1. The molecular formula is C20H31N3O2S. The van der Waals surface area contributed by atoms with Crippen molar-refractivity contribution in [2.45, 2.75) is 44.3 Å². The van der Waals surface area contributed by atoms with E-state index < -0.39 is 9.84 Å².